The van der Waals surface area contributed by atoms with E-state index < -0.39 is 0 Å². The smallest absolute Gasteiger partial charge is 0.323 e. The van der Waals surface area contributed by atoms with Crippen molar-refractivity contribution < 1.29 is 4.79 Å². The number of hydrogen-bond acceptors (Lipinski definition) is 3. The van der Waals surface area contributed by atoms with Gasteiger partial charge in [0.1, 0.15) is 0 Å². The number of likely N-dealkylation sites (tertiary alicyclic amines) is 1. The van der Waals surface area contributed by atoms with Gasteiger partial charge >= 0.3 is 6.03 Å². The molecule has 2 heterocycles. The fraction of sp³-hybridized carbons (Fsp3) is 0.471. The summed E-state index contributed by atoms with van der Waals surface area (Å²) in [4.78, 5) is 14.1. The molecule has 2 aromatic rings. The van der Waals surface area contributed by atoms with E-state index in [0.717, 1.165) is 32.4 Å². The predicted octanol–water partition coefficient (Wildman–Crippen LogP) is 2.69. The van der Waals surface area contributed by atoms with Crippen LogP contribution in [0.25, 0.3) is 0 Å². The van der Waals surface area contributed by atoms with Gasteiger partial charge in [0.05, 0.1) is 6.20 Å². The molecule has 0 atom stereocenters. The fourth-order valence-electron chi connectivity index (χ4n) is 3.03. The first-order chi connectivity index (χ1) is 11.2. The number of nitrogens with one attached hydrogen (secondary N) is 1. The van der Waals surface area contributed by atoms with Crippen LogP contribution in [0.1, 0.15) is 24.8 Å². The molecule has 0 saturated carbocycles. The van der Waals surface area contributed by atoms with Crippen molar-refractivity contribution in [3.8, 4) is 0 Å². The maximum Gasteiger partial charge on any atom is 0.323 e. The van der Waals surface area contributed by atoms with Crippen LogP contribution in [0.15, 0.2) is 36.5 Å². The Hall–Kier alpha value is -2.37. The molecule has 1 saturated heterocycles. The highest BCUT2D eigenvalue weighted by Crippen LogP contribution is 2.22. The highest BCUT2D eigenvalue weighted by molar-refractivity contribution is 5.88. The Balaban J connectivity index is 1.42. The van der Waals surface area contributed by atoms with Crippen molar-refractivity contribution in [3.05, 3.63) is 42.1 Å². The number of carbonyl (C=O) groups excluding carboxylic acids is 1. The summed E-state index contributed by atoms with van der Waals surface area (Å²) >= 11 is 0. The van der Waals surface area contributed by atoms with E-state index in [1.807, 2.05) is 4.90 Å². The van der Waals surface area contributed by atoms with E-state index in [1.54, 1.807) is 17.9 Å². The van der Waals surface area contributed by atoms with E-state index in [0.29, 0.717) is 11.7 Å². The van der Waals surface area contributed by atoms with Crippen LogP contribution in [0, 0.1) is 5.92 Å². The fourth-order valence-corrected chi connectivity index (χ4v) is 3.03. The Kier molecular flexibility index (Phi) is 4.90. The molecule has 0 bridgehead atoms. The van der Waals surface area contributed by atoms with Crippen molar-refractivity contribution in [2.75, 3.05) is 18.4 Å². The van der Waals surface area contributed by atoms with Crippen LogP contribution in [0.5, 0.6) is 0 Å². The van der Waals surface area contributed by atoms with Gasteiger partial charge in [-0.3, -0.25) is 10.00 Å². The number of rotatable bonds is 4. The zero-order valence-corrected chi connectivity index (χ0v) is 13.5. The quantitative estimate of drug-likeness (QED) is 0.944. The van der Waals surface area contributed by atoms with Crippen LogP contribution >= 0.6 is 0 Å². The maximum atomic E-state index is 12.2. The number of hydrogen-bond donors (Lipinski definition) is 1. The van der Waals surface area contributed by atoms with Gasteiger partial charge in [0.25, 0.3) is 0 Å². The second kappa shape index (κ2) is 7.26. The average Bonchev–Trinajstić information content (AvgIpc) is 2.99. The second-order valence-corrected chi connectivity index (χ2v) is 6.16. The van der Waals surface area contributed by atoms with Gasteiger partial charge in [-0.1, -0.05) is 35.5 Å². The topological polar surface area (TPSA) is 63.1 Å². The van der Waals surface area contributed by atoms with Crippen LogP contribution in [-0.4, -0.2) is 39.0 Å². The minimum atomic E-state index is -0.0768. The lowest BCUT2D eigenvalue weighted by Gasteiger charge is -2.31. The molecule has 6 heteroatoms. The molecule has 23 heavy (non-hydrogen) atoms. The van der Waals surface area contributed by atoms with Crippen LogP contribution in [0.2, 0.25) is 0 Å². The third-order valence-electron chi connectivity index (χ3n) is 4.42. The molecule has 0 unspecified atom stereocenters. The summed E-state index contributed by atoms with van der Waals surface area (Å²) in [5.41, 5.74) is 1.40. The molecule has 1 aromatic carbocycles. The zero-order valence-electron chi connectivity index (χ0n) is 13.5. The standard InChI is InChI=1S/C17H23N5O/c1-21-13-16(19-20-21)18-17(23)22-11-9-15(10-12-22)8-7-14-5-3-2-4-6-14/h2-6,13,15H,7-12H2,1H3,(H,18,23). The minimum Gasteiger partial charge on any atom is -0.324 e. The molecular weight excluding hydrogens is 290 g/mol. The summed E-state index contributed by atoms with van der Waals surface area (Å²) in [5, 5.41) is 10.5. The first-order valence-corrected chi connectivity index (χ1v) is 8.17. The number of amides is 2. The molecule has 0 spiro atoms. The molecule has 122 valence electrons. The van der Waals surface area contributed by atoms with Crippen LogP contribution in [-0.2, 0) is 13.5 Å². The van der Waals surface area contributed by atoms with Gasteiger partial charge in [-0.05, 0) is 37.2 Å². The van der Waals surface area contributed by atoms with Crippen molar-refractivity contribution in [2.24, 2.45) is 13.0 Å². The molecule has 2 amide bonds. The van der Waals surface area contributed by atoms with E-state index >= 15 is 0 Å². The van der Waals surface area contributed by atoms with Gasteiger partial charge in [0.2, 0.25) is 0 Å². The second-order valence-electron chi connectivity index (χ2n) is 6.16. The number of piperidine rings is 1. The lowest BCUT2D eigenvalue weighted by molar-refractivity contribution is 0.180. The zero-order chi connectivity index (χ0) is 16.1. The Morgan fingerprint density at radius 1 is 1.26 bits per heavy atom. The largest absolute Gasteiger partial charge is 0.324 e. The Morgan fingerprint density at radius 3 is 2.65 bits per heavy atom. The molecule has 0 aliphatic carbocycles. The summed E-state index contributed by atoms with van der Waals surface area (Å²) < 4.78 is 1.57. The van der Waals surface area contributed by atoms with Crippen molar-refractivity contribution >= 4 is 11.8 Å². The van der Waals surface area contributed by atoms with E-state index in [-0.39, 0.29) is 6.03 Å². The number of anilines is 1. The number of carbonyl (C=O) groups is 1. The van der Waals surface area contributed by atoms with E-state index in [9.17, 15) is 4.79 Å². The number of aryl methyl sites for hydroxylation is 2. The third-order valence-corrected chi connectivity index (χ3v) is 4.42. The molecular formula is C17H23N5O. The van der Waals surface area contributed by atoms with Crippen molar-refractivity contribution in [1.82, 2.24) is 19.9 Å². The minimum absolute atomic E-state index is 0.0768. The normalized spacial score (nSPS) is 15.6. The van der Waals surface area contributed by atoms with Gasteiger partial charge in [0, 0.05) is 20.1 Å². The summed E-state index contributed by atoms with van der Waals surface area (Å²) in [6.07, 6.45) is 6.16. The van der Waals surface area contributed by atoms with Gasteiger partial charge in [-0.2, -0.15) is 0 Å². The van der Waals surface area contributed by atoms with Gasteiger partial charge in [-0.25, -0.2) is 4.79 Å². The first-order valence-electron chi connectivity index (χ1n) is 8.17. The Bertz CT molecular complexity index is 631. The molecule has 6 nitrogen and oxygen atoms in total. The lowest BCUT2D eigenvalue weighted by Crippen LogP contribution is -2.41. The van der Waals surface area contributed by atoms with Gasteiger partial charge in [-0.15, -0.1) is 5.10 Å². The number of urea groups is 1. The number of nitrogens with zero attached hydrogens (tertiary/aromatic N) is 4. The van der Waals surface area contributed by atoms with Gasteiger partial charge in [0.15, 0.2) is 5.82 Å². The van der Waals surface area contributed by atoms with Crippen LogP contribution in [0.4, 0.5) is 10.6 Å². The van der Waals surface area contributed by atoms with Gasteiger partial charge < -0.3 is 4.90 Å². The monoisotopic (exact) mass is 313 g/mol. The molecule has 1 aromatic heterocycles. The van der Waals surface area contributed by atoms with E-state index in [1.165, 1.54) is 12.0 Å². The van der Waals surface area contributed by atoms with Crippen molar-refractivity contribution in [3.63, 3.8) is 0 Å². The average molecular weight is 313 g/mol. The van der Waals surface area contributed by atoms with Crippen molar-refractivity contribution in [1.29, 1.82) is 0 Å². The lowest BCUT2D eigenvalue weighted by atomic mass is 9.91. The molecule has 0 radical (unpaired) electrons. The Morgan fingerprint density at radius 2 is 2.00 bits per heavy atom. The maximum absolute atomic E-state index is 12.2. The summed E-state index contributed by atoms with van der Waals surface area (Å²) in [6.45, 7) is 1.62. The highest BCUT2D eigenvalue weighted by Gasteiger charge is 2.23. The number of aromatic nitrogens is 3. The molecule has 1 fully saturated rings. The number of benzene rings is 1. The van der Waals surface area contributed by atoms with Crippen LogP contribution in [0.3, 0.4) is 0 Å². The predicted molar refractivity (Wildman–Crippen MR) is 89.1 cm³/mol. The SMILES string of the molecule is Cn1cc(NC(=O)N2CCC(CCc3ccccc3)CC2)nn1. The van der Waals surface area contributed by atoms with E-state index in [4.69, 9.17) is 0 Å². The Labute approximate surface area is 136 Å². The summed E-state index contributed by atoms with van der Waals surface area (Å²) in [5.74, 6) is 1.21. The molecule has 3 rings (SSSR count). The highest BCUT2D eigenvalue weighted by atomic mass is 16.2. The summed E-state index contributed by atoms with van der Waals surface area (Å²) in [7, 11) is 1.78. The first kappa shape index (κ1) is 15.5. The summed E-state index contributed by atoms with van der Waals surface area (Å²) in [6, 6.07) is 10.5. The molecule has 1 aliphatic rings. The molecule has 1 N–H and O–H groups in total. The van der Waals surface area contributed by atoms with Crippen LogP contribution < -0.4 is 5.32 Å². The van der Waals surface area contributed by atoms with E-state index in [2.05, 4.69) is 46.0 Å². The third kappa shape index (κ3) is 4.31. The van der Waals surface area contributed by atoms with Crippen molar-refractivity contribution in [2.45, 2.75) is 25.7 Å². The molecule has 1 aliphatic heterocycles.